The van der Waals surface area contributed by atoms with Crippen LogP contribution in [-0.4, -0.2) is 40.7 Å². The third kappa shape index (κ3) is 3.27. The minimum absolute atomic E-state index is 0.0159. The summed E-state index contributed by atoms with van der Waals surface area (Å²) in [7, 11) is 0. The van der Waals surface area contributed by atoms with Gasteiger partial charge in [-0.05, 0) is 43.4 Å². The fourth-order valence-electron chi connectivity index (χ4n) is 3.23. The van der Waals surface area contributed by atoms with Gasteiger partial charge in [0.2, 0.25) is 0 Å². The maximum Gasteiger partial charge on any atom is 0.317 e. The van der Waals surface area contributed by atoms with Crippen molar-refractivity contribution < 1.29 is 9.90 Å². The Hall–Kier alpha value is -1.14. The lowest BCUT2D eigenvalue weighted by Crippen LogP contribution is -2.49. The molecule has 6 heteroatoms. The van der Waals surface area contributed by atoms with E-state index in [9.17, 15) is 9.90 Å². The van der Waals surface area contributed by atoms with Crippen LogP contribution in [0, 0.1) is 11.3 Å². The molecule has 122 valence electrons. The topological polar surface area (TPSA) is 65.5 Å². The maximum atomic E-state index is 12.6. The summed E-state index contributed by atoms with van der Waals surface area (Å²) in [5.74, 6) is 0.548. The number of hydrogen-bond donors (Lipinski definition) is 2. The smallest absolute Gasteiger partial charge is 0.317 e. The maximum absolute atomic E-state index is 12.6. The number of urea groups is 1. The second-order valence-corrected chi connectivity index (χ2v) is 7.56. The molecule has 0 radical (unpaired) electrons. The van der Waals surface area contributed by atoms with Gasteiger partial charge < -0.3 is 15.3 Å². The van der Waals surface area contributed by atoms with Crippen LogP contribution in [0.25, 0.3) is 0 Å². The summed E-state index contributed by atoms with van der Waals surface area (Å²) in [6.07, 6.45) is 6.90. The zero-order chi connectivity index (χ0) is 15.6. The second-order valence-electron chi connectivity index (χ2n) is 6.63. The molecule has 2 aliphatic rings. The van der Waals surface area contributed by atoms with Gasteiger partial charge in [-0.25, -0.2) is 9.78 Å². The van der Waals surface area contributed by atoms with E-state index in [4.69, 9.17) is 0 Å². The van der Waals surface area contributed by atoms with Crippen molar-refractivity contribution in [3.05, 3.63) is 16.6 Å². The highest BCUT2D eigenvalue weighted by atomic mass is 32.1. The first-order chi connectivity index (χ1) is 10.7. The Morgan fingerprint density at radius 1 is 1.55 bits per heavy atom. The van der Waals surface area contributed by atoms with Gasteiger partial charge in [0.05, 0.1) is 6.04 Å². The van der Waals surface area contributed by atoms with E-state index in [0.717, 1.165) is 37.4 Å². The molecule has 2 N–H and O–H groups in total. The van der Waals surface area contributed by atoms with E-state index in [1.54, 1.807) is 17.5 Å². The monoisotopic (exact) mass is 323 g/mol. The molecular formula is C16H25N3O2S. The number of thiazole rings is 1. The van der Waals surface area contributed by atoms with E-state index in [1.165, 1.54) is 12.8 Å². The summed E-state index contributed by atoms with van der Waals surface area (Å²) in [5, 5.41) is 15.8. The van der Waals surface area contributed by atoms with Gasteiger partial charge in [-0.2, -0.15) is 0 Å². The average molecular weight is 323 g/mol. The number of carbonyl (C=O) groups is 1. The Morgan fingerprint density at radius 3 is 2.77 bits per heavy atom. The fraction of sp³-hybridized carbons (Fsp3) is 0.750. The number of aliphatic hydroxyl groups is 1. The van der Waals surface area contributed by atoms with Gasteiger partial charge in [-0.1, -0.05) is 6.92 Å². The van der Waals surface area contributed by atoms with Crippen LogP contribution in [-0.2, 0) is 0 Å². The Bertz CT molecular complexity index is 487. The average Bonchev–Trinajstić information content (AvgIpc) is 3.26. The Balaban J connectivity index is 1.58. The van der Waals surface area contributed by atoms with Gasteiger partial charge in [0.1, 0.15) is 5.01 Å². The van der Waals surface area contributed by atoms with Crippen molar-refractivity contribution in [3.63, 3.8) is 0 Å². The molecule has 1 saturated heterocycles. The lowest BCUT2D eigenvalue weighted by Gasteiger charge is -2.40. The van der Waals surface area contributed by atoms with E-state index in [2.05, 4.69) is 17.2 Å². The number of piperidine rings is 1. The number of hydrogen-bond acceptors (Lipinski definition) is 4. The SMILES string of the molecule is CCC1(CO)CCN(C(=O)NC(c2nccs2)C2CC2)CC1. The van der Waals surface area contributed by atoms with Crippen LogP contribution in [0.2, 0.25) is 0 Å². The molecule has 2 heterocycles. The zero-order valence-electron chi connectivity index (χ0n) is 13.1. The van der Waals surface area contributed by atoms with Crippen molar-refractivity contribution in [1.82, 2.24) is 15.2 Å². The van der Waals surface area contributed by atoms with Gasteiger partial charge in [0.15, 0.2) is 0 Å². The number of rotatable bonds is 5. The van der Waals surface area contributed by atoms with E-state index in [0.29, 0.717) is 5.92 Å². The van der Waals surface area contributed by atoms with Gasteiger partial charge in [-0.15, -0.1) is 11.3 Å². The summed E-state index contributed by atoms with van der Waals surface area (Å²) in [6, 6.07) is 0.0953. The molecule has 1 aromatic heterocycles. The van der Waals surface area contributed by atoms with Crippen molar-refractivity contribution >= 4 is 17.4 Å². The molecule has 1 unspecified atom stereocenters. The van der Waals surface area contributed by atoms with Crippen molar-refractivity contribution in [1.29, 1.82) is 0 Å². The van der Waals surface area contributed by atoms with Crippen molar-refractivity contribution in [3.8, 4) is 0 Å². The normalized spacial score (nSPS) is 22.4. The Morgan fingerprint density at radius 2 is 2.27 bits per heavy atom. The third-order valence-electron chi connectivity index (χ3n) is 5.29. The number of nitrogens with one attached hydrogen (secondary N) is 1. The van der Waals surface area contributed by atoms with Crippen molar-refractivity contribution in [2.75, 3.05) is 19.7 Å². The van der Waals surface area contributed by atoms with Crippen LogP contribution in [0.4, 0.5) is 4.79 Å². The van der Waals surface area contributed by atoms with Crippen LogP contribution in [0.3, 0.4) is 0 Å². The van der Waals surface area contributed by atoms with E-state index < -0.39 is 0 Å². The first kappa shape index (κ1) is 15.7. The molecule has 1 atom stereocenters. The molecule has 1 saturated carbocycles. The first-order valence-electron chi connectivity index (χ1n) is 8.23. The van der Waals surface area contributed by atoms with Gasteiger partial charge in [0, 0.05) is 31.3 Å². The summed E-state index contributed by atoms with van der Waals surface area (Å²) in [4.78, 5) is 18.8. The van der Waals surface area contributed by atoms with Crippen molar-refractivity contribution in [2.45, 2.75) is 45.1 Å². The zero-order valence-corrected chi connectivity index (χ0v) is 13.9. The number of aromatic nitrogens is 1. The number of amides is 2. The van der Waals surface area contributed by atoms with Gasteiger partial charge in [0.25, 0.3) is 0 Å². The van der Waals surface area contributed by atoms with Crippen LogP contribution in [0.1, 0.15) is 50.1 Å². The van der Waals surface area contributed by atoms with E-state index in [1.807, 2.05) is 10.3 Å². The van der Waals surface area contributed by atoms with Gasteiger partial charge >= 0.3 is 6.03 Å². The number of carbonyl (C=O) groups excluding carboxylic acids is 1. The molecular weight excluding hydrogens is 298 g/mol. The number of nitrogens with zero attached hydrogens (tertiary/aromatic N) is 2. The molecule has 1 aliphatic heterocycles. The van der Waals surface area contributed by atoms with Crippen LogP contribution in [0.15, 0.2) is 11.6 Å². The highest BCUT2D eigenvalue weighted by molar-refractivity contribution is 7.09. The highest BCUT2D eigenvalue weighted by Crippen LogP contribution is 2.42. The molecule has 3 rings (SSSR count). The predicted molar refractivity (Wildman–Crippen MR) is 86.7 cm³/mol. The van der Waals surface area contributed by atoms with E-state index in [-0.39, 0.29) is 24.1 Å². The minimum Gasteiger partial charge on any atom is -0.396 e. The summed E-state index contributed by atoms with van der Waals surface area (Å²) in [6.45, 7) is 3.81. The van der Waals surface area contributed by atoms with Crippen LogP contribution >= 0.6 is 11.3 Å². The summed E-state index contributed by atoms with van der Waals surface area (Å²) < 4.78 is 0. The molecule has 5 nitrogen and oxygen atoms in total. The standard InChI is InChI=1S/C16H25N3O2S/c1-2-16(11-20)5-8-19(9-6-16)15(21)18-13(12-3-4-12)14-17-7-10-22-14/h7,10,12-13,20H,2-6,8-9,11H2,1H3,(H,18,21). The molecule has 22 heavy (non-hydrogen) atoms. The Labute approximate surface area is 135 Å². The summed E-state index contributed by atoms with van der Waals surface area (Å²) >= 11 is 1.62. The number of likely N-dealkylation sites (tertiary alicyclic amines) is 1. The molecule has 2 fully saturated rings. The minimum atomic E-state index is 0.0159. The molecule has 1 aromatic rings. The lowest BCUT2D eigenvalue weighted by molar-refractivity contribution is 0.0513. The molecule has 0 spiro atoms. The molecule has 0 aromatic carbocycles. The molecule has 0 bridgehead atoms. The van der Waals surface area contributed by atoms with Gasteiger partial charge in [-0.3, -0.25) is 0 Å². The summed E-state index contributed by atoms with van der Waals surface area (Å²) in [5.41, 5.74) is 0.0159. The van der Waals surface area contributed by atoms with Crippen molar-refractivity contribution in [2.24, 2.45) is 11.3 Å². The number of aliphatic hydroxyl groups excluding tert-OH is 1. The van der Waals surface area contributed by atoms with Crippen LogP contribution < -0.4 is 5.32 Å². The predicted octanol–water partition coefficient (Wildman–Crippen LogP) is 2.79. The quantitative estimate of drug-likeness (QED) is 0.875. The molecule has 1 aliphatic carbocycles. The Kier molecular flexibility index (Phi) is 4.68. The lowest BCUT2D eigenvalue weighted by atomic mass is 9.77. The second kappa shape index (κ2) is 6.54. The van der Waals surface area contributed by atoms with E-state index >= 15 is 0 Å². The fourth-order valence-corrected chi connectivity index (χ4v) is 4.01. The molecule has 2 amide bonds. The highest BCUT2D eigenvalue weighted by Gasteiger charge is 2.38. The first-order valence-corrected chi connectivity index (χ1v) is 9.11. The largest absolute Gasteiger partial charge is 0.396 e. The third-order valence-corrected chi connectivity index (χ3v) is 6.15. The van der Waals surface area contributed by atoms with Crippen LogP contribution in [0.5, 0.6) is 0 Å².